The van der Waals surface area contributed by atoms with Gasteiger partial charge < -0.3 is 19.9 Å². The quantitative estimate of drug-likeness (QED) is 0.869. The smallest absolute Gasteiger partial charge is 0.161 e. The van der Waals surface area contributed by atoms with E-state index in [0.717, 1.165) is 30.9 Å². The number of benzene rings is 1. The monoisotopic (exact) mass is 251 g/mol. The zero-order valence-electron chi connectivity index (χ0n) is 11.0. The van der Waals surface area contributed by atoms with Gasteiger partial charge in [0.2, 0.25) is 0 Å². The third kappa shape index (κ3) is 2.76. The van der Waals surface area contributed by atoms with Gasteiger partial charge in [-0.05, 0) is 25.5 Å². The number of para-hydroxylation sites is 2. The van der Waals surface area contributed by atoms with Gasteiger partial charge in [0.15, 0.2) is 11.5 Å². The van der Waals surface area contributed by atoms with Crippen molar-refractivity contribution in [2.24, 2.45) is 5.73 Å². The minimum Gasteiger partial charge on any atom is -0.493 e. The summed E-state index contributed by atoms with van der Waals surface area (Å²) in [6.45, 7) is 3.34. The Bertz CT molecular complexity index is 396. The molecule has 1 aliphatic rings. The summed E-state index contributed by atoms with van der Waals surface area (Å²) in [5.41, 5.74) is 6.04. The molecule has 1 aliphatic heterocycles. The van der Waals surface area contributed by atoms with Crippen molar-refractivity contribution in [3.8, 4) is 11.5 Å². The van der Waals surface area contributed by atoms with E-state index in [4.69, 9.17) is 19.9 Å². The Morgan fingerprint density at radius 1 is 1.39 bits per heavy atom. The molecule has 2 rings (SSSR count). The molecule has 4 nitrogen and oxygen atoms in total. The highest BCUT2D eigenvalue weighted by Crippen LogP contribution is 2.29. The van der Waals surface area contributed by atoms with E-state index in [2.05, 4.69) is 0 Å². The SMILES string of the molecule is COc1ccccc1OCCC1(N)CCOC1C. The van der Waals surface area contributed by atoms with E-state index in [0.29, 0.717) is 6.61 Å². The maximum absolute atomic E-state index is 6.30. The zero-order chi connectivity index (χ0) is 13.0. The Morgan fingerprint density at radius 3 is 2.72 bits per heavy atom. The zero-order valence-corrected chi connectivity index (χ0v) is 11.0. The Morgan fingerprint density at radius 2 is 2.11 bits per heavy atom. The van der Waals surface area contributed by atoms with Crippen LogP contribution in [0.15, 0.2) is 24.3 Å². The Labute approximate surface area is 108 Å². The molecular formula is C14H21NO3. The van der Waals surface area contributed by atoms with Crippen molar-refractivity contribution in [1.29, 1.82) is 0 Å². The fraction of sp³-hybridized carbons (Fsp3) is 0.571. The summed E-state index contributed by atoms with van der Waals surface area (Å²) in [5, 5.41) is 0. The van der Waals surface area contributed by atoms with Gasteiger partial charge in [0.05, 0.1) is 19.8 Å². The van der Waals surface area contributed by atoms with Gasteiger partial charge >= 0.3 is 0 Å². The Balaban J connectivity index is 1.88. The molecule has 0 spiro atoms. The highest BCUT2D eigenvalue weighted by molar-refractivity contribution is 5.39. The molecule has 0 radical (unpaired) electrons. The van der Waals surface area contributed by atoms with Crippen LogP contribution < -0.4 is 15.2 Å². The lowest BCUT2D eigenvalue weighted by Gasteiger charge is -2.27. The summed E-state index contributed by atoms with van der Waals surface area (Å²) in [6, 6.07) is 7.63. The molecule has 2 N–H and O–H groups in total. The molecule has 1 aromatic carbocycles. The van der Waals surface area contributed by atoms with E-state index in [1.54, 1.807) is 7.11 Å². The first-order chi connectivity index (χ1) is 8.65. The van der Waals surface area contributed by atoms with E-state index >= 15 is 0 Å². The third-order valence-corrected chi connectivity index (χ3v) is 3.64. The van der Waals surface area contributed by atoms with Crippen LogP contribution in [0.4, 0.5) is 0 Å². The van der Waals surface area contributed by atoms with Crippen molar-refractivity contribution in [1.82, 2.24) is 0 Å². The molecule has 1 heterocycles. The van der Waals surface area contributed by atoms with Gasteiger partial charge in [0, 0.05) is 18.6 Å². The largest absolute Gasteiger partial charge is 0.493 e. The fourth-order valence-electron chi connectivity index (χ4n) is 2.21. The lowest BCUT2D eigenvalue weighted by atomic mass is 9.90. The molecule has 1 saturated heterocycles. The van der Waals surface area contributed by atoms with Crippen LogP contribution in [0.3, 0.4) is 0 Å². The van der Waals surface area contributed by atoms with Gasteiger partial charge in [-0.3, -0.25) is 0 Å². The first-order valence-corrected chi connectivity index (χ1v) is 6.32. The van der Waals surface area contributed by atoms with Crippen LogP contribution in [0.2, 0.25) is 0 Å². The highest BCUT2D eigenvalue weighted by atomic mass is 16.5. The van der Waals surface area contributed by atoms with E-state index in [-0.39, 0.29) is 11.6 Å². The van der Waals surface area contributed by atoms with Crippen LogP contribution in [0.1, 0.15) is 19.8 Å². The minimum absolute atomic E-state index is 0.0961. The van der Waals surface area contributed by atoms with E-state index in [9.17, 15) is 0 Å². The Hall–Kier alpha value is -1.26. The van der Waals surface area contributed by atoms with Gasteiger partial charge in [-0.1, -0.05) is 12.1 Å². The first kappa shape index (κ1) is 13.2. The summed E-state index contributed by atoms with van der Waals surface area (Å²) in [5.74, 6) is 1.51. The van der Waals surface area contributed by atoms with E-state index in [1.165, 1.54) is 0 Å². The standard InChI is InChI=1S/C14H21NO3/c1-11-14(15,7-9-17-11)8-10-18-13-6-4-3-5-12(13)16-2/h3-6,11H,7-10,15H2,1-2H3. The maximum atomic E-state index is 6.30. The number of methoxy groups -OCH3 is 1. The second-order valence-electron chi connectivity index (χ2n) is 4.75. The molecule has 2 atom stereocenters. The summed E-state index contributed by atoms with van der Waals surface area (Å²) in [6.07, 6.45) is 1.77. The lowest BCUT2D eigenvalue weighted by molar-refractivity contribution is 0.0872. The molecule has 1 aromatic rings. The second kappa shape index (κ2) is 5.59. The molecule has 0 amide bonds. The molecule has 18 heavy (non-hydrogen) atoms. The van der Waals surface area contributed by atoms with Crippen LogP contribution in [0.25, 0.3) is 0 Å². The number of rotatable bonds is 5. The van der Waals surface area contributed by atoms with Gasteiger partial charge in [-0.15, -0.1) is 0 Å². The molecule has 0 bridgehead atoms. The van der Waals surface area contributed by atoms with Gasteiger partial charge in [-0.2, -0.15) is 0 Å². The third-order valence-electron chi connectivity index (χ3n) is 3.64. The summed E-state index contributed by atoms with van der Waals surface area (Å²) < 4.78 is 16.5. The van der Waals surface area contributed by atoms with Crippen LogP contribution >= 0.6 is 0 Å². The summed E-state index contributed by atoms with van der Waals surface area (Å²) in [7, 11) is 1.64. The molecule has 0 saturated carbocycles. The topological polar surface area (TPSA) is 53.7 Å². The van der Waals surface area contributed by atoms with Gasteiger partial charge in [-0.25, -0.2) is 0 Å². The highest BCUT2D eigenvalue weighted by Gasteiger charge is 2.37. The van der Waals surface area contributed by atoms with Crippen LogP contribution in [-0.4, -0.2) is 32.0 Å². The Kier molecular flexibility index (Phi) is 4.09. The molecule has 1 fully saturated rings. The number of ether oxygens (including phenoxy) is 3. The average molecular weight is 251 g/mol. The predicted octanol–water partition coefficient (Wildman–Crippen LogP) is 1.97. The fourth-order valence-corrected chi connectivity index (χ4v) is 2.21. The number of nitrogens with two attached hydrogens (primary N) is 1. The number of hydrogen-bond donors (Lipinski definition) is 1. The lowest BCUT2D eigenvalue weighted by Crippen LogP contribution is -2.47. The predicted molar refractivity (Wildman–Crippen MR) is 70.1 cm³/mol. The first-order valence-electron chi connectivity index (χ1n) is 6.32. The summed E-state index contributed by atoms with van der Waals surface area (Å²) >= 11 is 0. The van der Waals surface area contributed by atoms with Crippen molar-refractivity contribution in [2.75, 3.05) is 20.3 Å². The molecule has 0 aliphatic carbocycles. The molecule has 0 aromatic heterocycles. The normalized spacial score (nSPS) is 27.2. The second-order valence-corrected chi connectivity index (χ2v) is 4.75. The van der Waals surface area contributed by atoms with Crippen molar-refractivity contribution in [3.05, 3.63) is 24.3 Å². The van der Waals surface area contributed by atoms with Gasteiger partial charge in [0.25, 0.3) is 0 Å². The molecule has 100 valence electrons. The van der Waals surface area contributed by atoms with Crippen molar-refractivity contribution in [3.63, 3.8) is 0 Å². The van der Waals surface area contributed by atoms with E-state index in [1.807, 2.05) is 31.2 Å². The van der Waals surface area contributed by atoms with E-state index < -0.39 is 0 Å². The molecule has 2 unspecified atom stereocenters. The minimum atomic E-state index is -0.262. The van der Waals surface area contributed by atoms with Crippen molar-refractivity contribution < 1.29 is 14.2 Å². The average Bonchev–Trinajstić information content (AvgIpc) is 2.70. The van der Waals surface area contributed by atoms with Crippen LogP contribution in [-0.2, 0) is 4.74 Å². The molecule has 4 heteroatoms. The van der Waals surface area contributed by atoms with Crippen molar-refractivity contribution in [2.45, 2.75) is 31.4 Å². The van der Waals surface area contributed by atoms with Crippen molar-refractivity contribution >= 4 is 0 Å². The summed E-state index contributed by atoms with van der Waals surface area (Å²) in [4.78, 5) is 0. The van der Waals surface area contributed by atoms with Gasteiger partial charge in [0.1, 0.15) is 0 Å². The maximum Gasteiger partial charge on any atom is 0.161 e. The number of hydrogen-bond acceptors (Lipinski definition) is 4. The van der Waals surface area contributed by atoms with Crippen LogP contribution in [0.5, 0.6) is 11.5 Å². The molecular weight excluding hydrogens is 230 g/mol. The van der Waals surface area contributed by atoms with Crippen LogP contribution in [0, 0.1) is 0 Å².